The third-order valence-electron chi connectivity index (χ3n) is 5.91. The predicted molar refractivity (Wildman–Crippen MR) is 125 cm³/mol. The first-order chi connectivity index (χ1) is 14.8. The normalized spacial score (nSPS) is 18.5. The second-order valence-electron chi connectivity index (χ2n) is 8.52. The van der Waals surface area contributed by atoms with Crippen molar-refractivity contribution in [3.8, 4) is 0 Å². The molecule has 0 atom stereocenters. The lowest BCUT2D eigenvalue weighted by Crippen LogP contribution is -2.45. The van der Waals surface area contributed by atoms with E-state index in [-0.39, 0.29) is 0 Å². The zero-order valence-corrected chi connectivity index (χ0v) is 19.0. The van der Waals surface area contributed by atoms with Crippen LogP contribution in [0.4, 0.5) is 0 Å². The molecule has 6 heteroatoms. The number of guanidine groups is 1. The van der Waals surface area contributed by atoms with Crippen LogP contribution in [0.3, 0.4) is 0 Å². The van der Waals surface area contributed by atoms with Crippen molar-refractivity contribution < 1.29 is 4.74 Å². The van der Waals surface area contributed by atoms with Gasteiger partial charge in [0.05, 0.1) is 6.54 Å². The van der Waals surface area contributed by atoms with Gasteiger partial charge in [0, 0.05) is 59.0 Å². The van der Waals surface area contributed by atoms with Crippen molar-refractivity contribution in [2.45, 2.75) is 46.2 Å². The maximum atomic E-state index is 5.70. The second-order valence-corrected chi connectivity index (χ2v) is 8.52. The molecule has 1 aromatic rings. The fraction of sp³-hybridized carbons (Fsp3) is 0.708. The van der Waals surface area contributed by atoms with Gasteiger partial charge in [-0.25, -0.2) is 4.99 Å². The van der Waals surface area contributed by atoms with Crippen molar-refractivity contribution in [1.82, 2.24) is 20.4 Å². The molecule has 1 aliphatic heterocycles. The number of likely N-dealkylation sites (N-methyl/N-ethyl adjacent to an activating group) is 1. The van der Waals surface area contributed by atoms with Crippen molar-refractivity contribution in [2.75, 3.05) is 59.0 Å². The summed E-state index contributed by atoms with van der Waals surface area (Å²) in [6.07, 6.45) is 3.72. The van der Waals surface area contributed by atoms with E-state index in [1.807, 2.05) is 0 Å². The molecule has 0 bridgehead atoms. The van der Waals surface area contributed by atoms with Gasteiger partial charge in [-0.3, -0.25) is 4.90 Å². The summed E-state index contributed by atoms with van der Waals surface area (Å²) in [5, 5.41) is 6.75. The number of benzene rings is 1. The maximum absolute atomic E-state index is 5.70. The summed E-state index contributed by atoms with van der Waals surface area (Å²) in [5.74, 6) is 1.73. The van der Waals surface area contributed by atoms with Crippen LogP contribution in [0.1, 0.15) is 44.2 Å². The SMILES string of the molecule is CCNC(=NCc1ccc(CN2CCN(CC)CC2)cc1)NCCCOCC1CC1. The zero-order valence-electron chi connectivity index (χ0n) is 19.0. The quantitative estimate of drug-likeness (QED) is 0.312. The van der Waals surface area contributed by atoms with Crippen LogP contribution in [0.2, 0.25) is 0 Å². The Balaban J connectivity index is 1.36. The van der Waals surface area contributed by atoms with Gasteiger partial charge in [0.1, 0.15) is 0 Å². The predicted octanol–water partition coefficient (Wildman–Crippen LogP) is 2.70. The minimum atomic E-state index is 0.697. The average molecular weight is 416 g/mol. The molecule has 2 N–H and O–H groups in total. The molecule has 0 spiro atoms. The van der Waals surface area contributed by atoms with Crippen molar-refractivity contribution in [1.29, 1.82) is 0 Å². The minimum absolute atomic E-state index is 0.697. The van der Waals surface area contributed by atoms with Gasteiger partial charge in [0.25, 0.3) is 0 Å². The monoisotopic (exact) mass is 415 g/mol. The number of ether oxygens (including phenoxy) is 1. The topological polar surface area (TPSA) is 52.1 Å². The number of nitrogens with one attached hydrogen (secondary N) is 2. The van der Waals surface area contributed by atoms with E-state index < -0.39 is 0 Å². The molecule has 0 radical (unpaired) electrons. The fourth-order valence-corrected chi connectivity index (χ4v) is 3.70. The van der Waals surface area contributed by atoms with Crippen LogP contribution in [0.25, 0.3) is 0 Å². The number of aliphatic imine (C=N–C) groups is 1. The number of hydrogen-bond donors (Lipinski definition) is 2. The van der Waals surface area contributed by atoms with Crippen LogP contribution in [0.5, 0.6) is 0 Å². The highest BCUT2D eigenvalue weighted by Gasteiger charge is 2.20. The second kappa shape index (κ2) is 12.9. The lowest BCUT2D eigenvalue weighted by Gasteiger charge is -2.34. The summed E-state index contributed by atoms with van der Waals surface area (Å²) in [6, 6.07) is 8.95. The average Bonchev–Trinajstić information content (AvgIpc) is 3.60. The van der Waals surface area contributed by atoms with Gasteiger partial charge in [-0.05, 0) is 49.8 Å². The third kappa shape index (κ3) is 8.62. The van der Waals surface area contributed by atoms with Gasteiger partial charge in [-0.15, -0.1) is 0 Å². The molecule has 0 aromatic heterocycles. The maximum Gasteiger partial charge on any atom is 0.191 e. The molecular weight excluding hydrogens is 374 g/mol. The van der Waals surface area contributed by atoms with Crippen molar-refractivity contribution >= 4 is 5.96 Å². The number of rotatable bonds is 12. The molecular formula is C24H41N5O. The summed E-state index contributed by atoms with van der Waals surface area (Å²) in [5.41, 5.74) is 2.64. The first-order valence-corrected chi connectivity index (χ1v) is 11.9. The van der Waals surface area contributed by atoms with Crippen LogP contribution in [-0.4, -0.2) is 74.8 Å². The van der Waals surface area contributed by atoms with E-state index in [4.69, 9.17) is 9.73 Å². The van der Waals surface area contributed by atoms with E-state index in [9.17, 15) is 0 Å². The van der Waals surface area contributed by atoms with Crippen LogP contribution >= 0.6 is 0 Å². The fourth-order valence-electron chi connectivity index (χ4n) is 3.70. The highest BCUT2D eigenvalue weighted by molar-refractivity contribution is 5.79. The number of piperazine rings is 1. The highest BCUT2D eigenvalue weighted by atomic mass is 16.5. The standard InChI is InChI=1S/C24H41N5O/c1-3-25-24(26-12-5-17-30-20-23-10-11-23)27-18-21-6-8-22(9-7-21)19-29-15-13-28(4-2)14-16-29/h6-9,23H,3-5,10-20H2,1-2H3,(H2,25,26,27). The molecule has 2 aliphatic rings. The Morgan fingerprint density at radius 1 is 1.00 bits per heavy atom. The lowest BCUT2D eigenvalue weighted by atomic mass is 10.1. The van der Waals surface area contributed by atoms with Gasteiger partial charge in [-0.1, -0.05) is 31.2 Å². The summed E-state index contributed by atoms with van der Waals surface area (Å²) in [6.45, 7) is 15.5. The number of nitrogens with zero attached hydrogens (tertiary/aromatic N) is 3. The third-order valence-corrected chi connectivity index (χ3v) is 5.91. The van der Waals surface area contributed by atoms with E-state index in [0.29, 0.717) is 6.54 Å². The van der Waals surface area contributed by atoms with E-state index >= 15 is 0 Å². The van der Waals surface area contributed by atoms with E-state index in [1.165, 1.54) is 56.7 Å². The van der Waals surface area contributed by atoms with Crippen molar-refractivity contribution in [3.63, 3.8) is 0 Å². The molecule has 0 amide bonds. The minimum Gasteiger partial charge on any atom is -0.381 e. The Labute approximate surface area is 183 Å². The highest BCUT2D eigenvalue weighted by Crippen LogP contribution is 2.28. The van der Waals surface area contributed by atoms with Gasteiger partial charge in [0.15, 0.2) is 5.96 Å². The van der Waals surface area contributed by atoms with Crippen LogP contribution in [0, 0.1) is 5.92 Å². The molecule has 30 heavy (non-hydrogen) atoms. The van der Waals surface area contributed by atoms with E-state index in [2.05, 4.69) is 58.5 Å². The number of hydrogen-bond acceptors (Lipinski definition) is 4. The smallest absolute Gasteiger partial charge is 0.191 e. The molecule has 1 aromatic carbocycles. The van der Waals surface area contributed by atoms with Crippen molar-refractivity contribution in [3.05, 3.63) is 35.4 Å². The Morgan fingerprint density at radius 2 is 1.70 bits per heavy atom. The van der Waals surface area contributed by atoms with Crippen LogP contribution in [-0.2, 0) is 17.8 Å². The Kier molecular flexibility index (Phi) is 9.93. The van der Waals surface area contributed by atoms with Gasteiger partial charge in [-0.2, -0.15) is 0 Å². The molecule has 0 unspecified atom stereocenters. The molecule has 3 rings (SSSR count). The van der Waals surface area contributed by atoms with Crippen LogP contribution in [0.15, 0.2) is 29.3 Å². The Morgan fingerprint density at radius 3 is 2.37 bits per heavy atom. The molecule has 1 saturated carbocycles. The van der Waals surface area contributed by atoms with Crippen LogP contribution < -0.4 is 10.6 Å². The molecule has 168 valence electrons. The van der Waals surface area contributed by atoms with Gasteiger partial charge < -0.3 is 20.3 Å². The van der Waals surface area contributed by atoms with E-state index in [1.54, 1.807) is 0 Å². The molecule has 6 nitrogen and oxygen atoms in total. The van der Waals surface area contributed by atoms with E-state index in [0.717, 1.165) is 51.1 Å². The molecule has 1 aliphatic carbocycles. The summed E-state index contributed by atoms with van der Waals surface area (Å²) in [4.78, 5) is 9.82. The molecule has 2 fully saturated rings. The Bertz CT molecular complexity index is 621. The summed E-state index contributed by atoms with van der Waals surface area (Å²) >= 11 is 0. The Hall–Kier alpha value is -1.63. The zero-order chi connectivity index (χ0) is 21.0. The first-order valence-electron chi connectivity index (χ1n) is 11.9. The van der Waals surface area contributed by atoms with Crippen molar-refractivity contribution in [2.24, 2.45) is 10.9 Å². The summed E-state index contributed by atoms with van der Waals surface area (Å²) in [7, 11) is 0. The lowest BCUT2D eigenvalue weighted by molar-refractivity contribution is 0.123. The first kappa shape index (κ1) is 23.0. The molecule has 1 saturated heterocycles. The summed E-state index contributed by atoms with van der Waals surface area (Å²) < 4.78 is 5.70. The largest absolute Gasteiger partial charge is 0.381 e. The van der Waals surface area contributed by atoms with Gasteiger partial charge in [0.2, 0.25) is 0 Å². The molecule has 1 heterocycles. The van der Waals surface area contributed by atoms with Gasteiger partial charge >= 0.3 is 0 Å².